The quantitative estimate of drug-likeness (QED) is 0.463. The smallest absolute Gasteiger partial charge is 0.407 e. The number of aryl methyl sites for hydroxylation is 1. The fourth-order valence-corrected chi connectivity index (χ4v) is 4.42. The molecule has 1 aliphatic rings. The second-order valence-corrected chi connectivity index (χ2v) is 8.81. The van der Waals surface area contributed by atoms with Crippen LogP contribution in [0.25, 0.3) is 11.0 Å². The summed E-state index contributed by atoms with van der Waals surface area (Å²) in [5.74, 6) is 0.985. The van der Waals surface area contributed by atoms with Gasteiger partial charge in [0.1, 0.15) is 12.4 Å². The van der Waals surface area contributed by atoms with Gasteiger partial charge in [-0.05, 0) is 61.4 Å². The number of hydrogen-bond acceptors (Lipinski definition) is 5. The highest BCUT2D eigenvalue weighted by Gasteiger charge is 2.23. The average molecular weight is 479 g/mol. The van der Waals surface area contributed by atoms with Crippen LogP contribution in [-0.2, 0) is 19.6 Å². The van der Waals surface area contributed by atoms with E-state index in [1.807, 2.05) is 18.2 Å². The van der Waals surface area contributed by atoms with Gasteiger partial charge in [-0.3, -0.25) is 0 Å². The van der Waals surface area contributed by atoms with E-state index in [1.54, 1.807) is 12.1 Å². The first-order chi connectivity index (χ1) is 15.5. The second kappa shape index (κ2) is 9.98. The Hall–Kier alpha value is -2.48. The van der Waals surface area contributed by atoms with Crippen molar-refractivity contribution in [1.82, 2.24) is 10.1 Å². The third-order valence-corrected chi connectivity index (χ3v) is 6.73. The molecule has 170 valence electrons. The summed E-state index contributed by atoms with van der Waals surface area (Å²) < 4.78 is 11.5. The lowest BCUT2D eigenvalue weighted by molar-refractivity contribution is 0.123. The molecule has 2 N–H and O–H groups in total. The van der Waals surface area contributed by atoms with E-state index in [-0.39, 0.29) is 13.2 Å². The number of benzene rings is 2. The fraction of sp³-hybridized carbons (Fsp3) is 0.391. The number of carbonyl (C=O) groups is 1. The number of carboxylic acid groups (broad SMARTS) is 1. The lowest BCUT2D eigenvalue weighted by Gasteiger charge is -2.29. The average Bonchev–Trinajstić information content (AvgIpc) is 3.21. The van der Waals surface area contributed by atoms with Crippen LogP contribution in [-0.4, -0.2) is 39.5 Å². The number of rotatable bonds is 7. The van der Waals surface area contributed by atoms with Gasteiger partial charge in [-0.25, -0.2) is 4.79 Å². The molecule has 2 heterocycles. The van der Waals surface area contributed by atoms with Gasteiger partial charge in [0, 0.05) is 18.5 Å². The van der Waals surface area contributed by atoms with Crippen LogP contribution in [0.15, 0.2) is 34.9 Å². The van der Waals surface area contributed by atoms with Gasteiger partial charge < -0.3 is 24.4 Å². The Morgan fingerprint density at radius 3 is 2.66 bits per heavy atom. The predicted octanol–water partition coefficient (Wildman–Crippen LogP) is 5.53. The highest BCUT2D eigenvalue weighted by Crippen LogP contribution is 2.33. The molecule has 1 saturated heterocycles. The van der Waals surface area contributed by atoms with Crippen molar-refractivity contribution in [3.8, 4) is 5.75 Å². The first kappa shape index (κ1) is 22.7. The molecule has 1 aliphatic heterocycles. The minimum absolute atomic E-state index is 0.240. The summed E-state index contributed by atoms with van der Waals surface area (Å²) in [4.78, 5) is 12.5. The number of nitrogens with zero attached hydrogens (tertiary/aromatic N) is 2. The maximum atomic E-state index is 11.1. The number of aliphatic hydroxyl groups is 1. The molecule has 4 rings (SSSR count). The highest BCUT2D eigenvalue weighted by atomic mass is 35.5. The molecule has 1 aromatic heterocycles. The third-order valence-electron chi connectivity index (χ3n) is 5.99. The first-order valence-electron chi connectivity index (χ1n) is 10.5. The van der Waals surface area contributed by atoms with E-state index in [2.05, 4.69) is 5.16 Å². The summed E-state index contributed by atoms with van der Waals surface area (Å²) in [7, 11) is 0. The van der Waals surface area contributed by atoms with E-state index in [4.69, 9.17) is 37.6 Å². The molecule has 7 nitrogen and oxygen atoms in total. The number of hydrogen-bond donors (Lipinski definition) is 2. The number of likely N-dealkylation sites (tertiary alicyclic amines) is 1. The number of ether oxygens (including phenoxy) is 1. The molecule has 0 unspecified atom stereocenters. The maximum Gasteiger partial charge on any atom is 0.407 e. The monoisotopic (exact) mass is 478 g/mol. The number of halogens is 2. The Kier molecular flexibility index (Phi) is 7.08. The van der Waals surface area contributed by atoms with Crippen LogP contribution in [0.1, 0.15) is 36.1 Å². The van der Waals surface area contributed by atoms with Crippen molar-refractivity contribution in [3.63, 3.8) is 0 Å². The Morgan fingerprint density at radius 2 is 1.97 bits per heavy atom. The molecule has 2 aromatic carbocycles. The zero-order valence-electron chi connectivity index (χ0n) is 17.4. The first-order valence-corrected chi connectivity index (χ1v) is 11.3. The van der Waals surface area contributed by atoms with Gasteiger partial charge >= 0.3 is 6.09 Å². The molecule has 1 amide bonds. The predicted molar refractivity (Wildman–Crippen MR) is 121 cm³/mol. The number of fused-ring (bicyclic) bond motifs is 1. The van der Waals surface area contributed by atoms with Crippen molar-refractivity contribution >= 4 is 40.3 Å². The van der Waals surface area contributed by atoms with Crippen molar-refractivity contribution in [2.45, 2.75) is 38.9 Å². The summed E-state index contributed by atoms with van der Waals surface area (Å²) >= 11 is 12.0. The number of aromatic nitrogens is 1. The normalized spacial score (nSPS) is 14.8. The molecular weight excluding hydrogens is 455 g/mol. The lowest BCUT2D eigenvalue weighted by atomic mass is 9.91. The molecule has 0 radical (unpaired) electrons. The Labute approximate surface area is 195 Å². The van der Waals surface area contributed by atoms with Gasteiger partial charge in [-0.15, -0.1) is 0 Å². The minimum atomic E-state index is -0.848. The summed E-state index contributed by atoms with van der Waals surface area (Å²) in [6.45, 7) is 1.18. The fourth-order valence-electron chi connectivity index (χ4n) is 4.10. The van der Waals surface area contributed by atoms with Gasteiger partial charge in [0.2, 0.25) is 0 Å². The molecule has 0 atom stereocenters. The van der Waals surface area contributed by atoms with E-state index in [1.165, 1.54) is 4.90 Å². The Balaban J connectivity index is 1.43. The van der Waals surface area contributed by atoms with Crippen molar-refractivity contribution in [2.75, 3.05) is 13.1 Å². The third kappa shape index (κ3) is 4.95. The van der Waals surface area contributed by atoms with Gasteiger partial charge in [0.15, 0.2) is 5.58 Å². The SMILES string of the molecule is O=C(O)N1CCC(CCc2noc3c(CO)c(OCc4ccc(Cl)c(Cl)c4)ccc23)CC1. The largest absolute Gasteiger partial charge is 0.488 e. The zero-order valence-corrected chi connectivity index (χ0v) is 18.9. The van der Waals surface area contributed by atoms with E-state index in [9.17, 15) is 9.90 Å². The van der Waals surface area contributed by atoms with Crippen molar-refractivity contribution in [1.29, 1.82) is 0 Å². The summed E-state index contributed by atoms with van der Waals surface area (Å²) in [6, 6.07) is 9.01. The van der Waals surface area contributed by atoms with Crippen LogP contribution in [0.3, 0.4) is 0 Å². The molecule has 0 bridgehead atoms. The standard InChI is InChI=1S/C23H24Cl2N2O5/c24-18-4-1-15(11-19(18)25)13-31-21-6-3-16-20(26-32-22(16)17(21)12-28)5-2-14-7-9-27(10-8-14)23(29)30/h1,3-4,6,11,14,28H,2,5,7-10,12-13H2,(H,29,30). The van der Waals surface area contributed by atoms with Crippen LogP contribution in [0.2, 0.25) is 10.0 Å². The van der Waals surface area contributed by atoms with Crippen molar-refractivity contribution < 1.29 is 24.3 Å². The second-order valence-electron chi connectivity index (χ2n) is 8.00. The van der Waals surface area contributed by atoms with Crippen LogP contribution < -0.4 is 4.74 Å². The zero-order chi connectivity index (χ0) is 22.7. The molecule has 9 heteroatoms. The molecule has 0 aliphatic carbocycles. The van der Waals surface area contributed by atoms with Gasteiger partial charge in [-0.2, -0.15) is 0 Å². The maximum absolute atomic E-state index is 11.1. The van der Waals surface area contributed by atoms with E-state index in [0.29, 0.717) is 45.9 Å². The Morgan fingerprint density at radius 1 is 1.19 bits per heavy atom. The van der Waals surface area contributed by atoms with Crippen LogP contribution in [0, 0.1) is 5.92 Å². The molecular formula is C23H24Cl2N2O5. The number of aliphatic hydroxyl groups excluding tert-OH is 1. The summed E-state index contributed by atoms with van der Waals surface area (Å²) in [5, 5.41) is 25.1. The van der Waals surface area contributed by atoms with Crippen LogP contribution in [0.5, 0.6) is 5.75 Å². The lowest BCUT2D eigenvalue weighted by Crippen LogP contribution is -2.37. The van der Waals surface area contributed by atoms with E-state index < -0.39 is 6.09 Å². The van der Waals surface area contributed by atoms with Gasteiger partial charge in [0.05, 0.1) is 27.9 Å². The Bertz CT molecular complexity index is 1110. The molecule has 32 heavy (non-hydrogen) atoms. The van der Waals surface area contributed by atoms with Gasteiger partial charge in [0.25, 0.3) is 0 Å². The van der Waals surface area contributed by atoms with Crippen molar-refractivity contribution in [3.05, 3.63) is 57.2 Å². The van der Waals surface area contributed by atoms with E-state index in [0.717, 1.165) is 42.3 Å². The molecule has 1 fully saturated rings. The minimum Gasteiger partial charge on any atom is -0.488 e. The number of amides is 1. The van der Waals surface area contributed by atoms with Crippen LogP contribution >= 0.6 is 23.2 Å². The highest BCUT2D eigenvalue weighted by molar-refractivity contribution is 6.42. The van der Waals surface area contributed by atoms with E-state index >= 15 is 0 Å². The summed E-state index contributed by atoms with van der Waals surface area (Å²) in [5.41, 5.74) is 2.77. The van der Waals surface area contributed by atoms with Crippen LogP contribution in [0.4, 0.5) is 4.79 Å². The molecule has 3 aromatic rings. The summed E-state index contributed by atoms with van der Waals surface area (Å²) in [6.07, 6.45) is 2.52. The molecule has 0 saturated carbocycles. The number of piperidine rings is 1. The topological polar surface area (TPSA) is 96.0 Å². The molecule has 0 spiro atoms. The van der Waals surface area contributed by atoms with Gasteiger partial charge in [-0.1, -0.05) is 34.4 Å². The van der Waals surface area contributed by atoms with Crippen molar-refractivity contribution in [2.24, 2.45) is 5.92 Å².